The Morgan fingerprint density at radius 3 is 2.46 bits per heavy atom. The summed E-state index contributed by atoms with van der Waals surface area (Å²) in [7, 11) is 1.58. The van der Waals surface area contributed by atoms with Gasteiger partial charge in [-0.05, 0) is 79.4 Å². The van der Waals surface area contributed by atoms with Crippen molar-refractivity contribution in [3.8, 4) is 17.2 Å². The van der Waals surface area contributed by atoms with Gasteiger partial charge in [-0.25, -0.2) is 4.98 Å². The minimum atomic E-state index is -0.919. The summed E-state index contributed by atoms with van der Waals surface area (Å²) in [4.78, 5) is 33.3. The second-order valence-corrected chi connectivity index (χ2v) is 11.1. The van der Waals surface area contributed by atoms with Gasteiger partial charge >= 0.3 is 5.91 Å². The SMILES string of the molecule is CCOc1ccc(C(O)=C2C(=O)C(=O)N(c3nc4ccc(OC)cc4s3)C2c2cccc(OCCC(C)C)c2)cc1. The number of carbonyl (C=O) groups is 2. The van der Waals surface area contributed by atoms with Gasteiger partial charge in [0.25, 0.3) is 5.78 Å². The van der Waals surface area contributed by atoms with Gasteiger partial charge in [0, 0.05) is 5.56 Å². The average Bonchev–Trinajstić information content (AvgIpc) is 3.50. The molecule has 1 amide bonds. The molecule has 4 aromatic rings. The lowest BCUT2D eigenvalue weighted by Crippen LogP contribution is -2.29. The third-order valence-corrected chi connectivity index (χ3v) is 7.83. The first-order valence-electron chi connectivity index (χ1n) is 13.5. The van der Waals surface area contributed by atoms with Gasteiger partial charge in [0.2, 0.25) is 0 Å². The van der Waals surface area contributed by atoms with Gasteiger partial charge in [-0.1, -0.05) is 37.3 Å². The minimum Gasteiger partial charge on any atom is -0.507 e. The number of hydrogen-bond donors (Lipinski definition) is 1. The van der Waals surface area contributed by atoms with Crippen LogP contribution >= 0.6 is 11.3 Å². The molecule has 1 aliphatic rings. The van der Waals surface area contributed by atoms with E-state index in [2.05, 4.69) is 18.8 Å². The van der Waals surface area contributed by atoms with Crippen molar-refractivity contribution < 1.29 is 28.9 Å². The fraction of sp³-hybridized carbons (Fsp3) is 0.281. The van der Waals surface area contributed by atoms with Gasteiger partial charge in [0.1, 0.15) is 23.0 Å². The van der Waals surface area contributed by atoms with Gasteiger partial charge in [0.15, 0.2) is 5.13 Å². The van der Waals surface area contributed by atoms with Gasteiger partial charge in [-0.2, -0.15) is 0 Å². The number of aromatic nitrogens is 1. The summed E-state index contributed by atoms with van der Waals surface area (Å²) in [6.45, 7) is 7.17. The summed E-state index contributed by atoms with van der Waals surface area (Å²) in [5.74, 6) is 0.572. The molecule has 41 heavy (non-hydrogen) atoms. The smallest absolute Gasteiger partial charge is 0.301 e. The number of rotatable bonds is 10. The number of aliphatic hydroxyl groups is 1. The standard InChI is InChI=1S/C32H32N2O6S/c1-5-39-22-11-9-20(10-12-22)29(35)27-28(21-7-6-8-24(17-21)40-16-15-19(2)3)34(31(37)30(27)36)32-33-25-14-13-23(38-4)18-26(25)41-32/h6-14,17-19,28,35H,5,15-16H2,1-4H3. The number of Topliss-reactive ketones (excluding diaryl/α,β-unsaturated/α-hetero) is 1. The van der Waals surface area contributed by atoms with Crippen molar-refractivity contribution in [1.29, 1.82) is 0 Å². The van der Waals surface area contributed by atoms with E-state index in [4.69, 9.17) is 14.2 Å². The molecule has 1 N–H and O–H groups in total. The Morgan fingerprint density at radius 2 is 1.76 bits per heavy atom. The van der Waals surface area contributed by atoms with Crippen LogP contribution in [0.3, 0.4) is 0 Å². The van der Waals surface area contributed by atoms with Crippen LogP contribution < -0.4 is 19.1 Å². The summed E-state index contributed by atoms with van der Waals surface area (Å²) in [6, 6.07) is 18.6. The van der Waals surface area contributed by atoms with Crippen molar-refractivity contribution in [3.05, 3.63) is 83.4 Å². The molecule has 9 heteroatoms. The Bertz CT molecular complexity index is 1610. The first-order chi connectivity index (χ1) is 19.8. The lowest BCUT2D eigenvalue weighted by molar-refractivity contribution is -0.132. The number of anilines is 1. The second kappa shape index (κ2) is 12.0. The van der Waals surface area contributed by atoms with E-state index in [-0.39, 0.29) is 11.3 Å². The van der Waals surface area contributed by atoms with Crippen molar-refractivity contribution in [2.75, 3.05) is 25.2 Å². The molecule has 2 heterocycles. The predicted molar refractivity (Wildman–Crippen MR) is 160 cm³/mol. The van der Waals surface area contributed by atoms with E-state index in [9.17, 15) is 14.7 Å². The van der Waals surface area contributed by atoms with Crippen LogP contribution in [0, 0.1) is 5.92 Å². The van der Waals surface area contributed by atoms with Gasteiger partial charge in [0.05, 0.1) is 42.2 Å². The molecule has 0 aliphatic carbocycles. The number of nitrogens with zero attached hydrogens (tertiary/aromatic N) is 2. The third kappa shape index (κ3) is 5.76. The van der Waals surface area contributed by atoms with E-state index in [1.54, 1.807) is 37.4 Å². The zero-order valence-corrected chi connectivity index (χ0v) is 24.2. The maximum atomic E-state index is 13.6. The number of benzene rings is 3. The zero-order chi connectivity index (χ0) is 29.1. The molecule has 5 rings (SSSR count). The molecule has 1 aliphatic heterocycles. The van der Waals surface area contributed by atoms with E-state index in [0.717, 1.165) is 11.1 Å². The van der Waals surface area contributed by atoms with Crippen LogP contribution in [-0.4, -0.2) is 42.1 Å². The van der Waals surface area contributed by atoms with Crippen molar-refractivity contribution in [3.63, 3.8) is 0 Å². The lowest BCUT2D eigenvalue weighted by Gasteiger charge is -2.23. The Balaban J connectivity index is 1.63. The fourth-order valence-corrected chi connectivity index (χ4v) is 5.71. The molecular weight excluding hydrogens is 540 g/mol. The molecular formula is C32H32N2O6S. The number of hydrogen-bond acceptors (Lipinski definition) is 8. The molecule has 8 nitrogen and oxygen atoms in total. The fourth-order valence-electron chi connectivity index (χ4n) is 4.69. The Hall–Kier alpha value is -4.37. The Kier molecular flexibility index (Phi) is 8.26. The normalized spacial score (nSPS) is 16.5. The maximum Gasteiger partial charge on any atom is 0.301 e. The number of methoxy groups -OCH3 is 1. The molecule has 3 aromatic carbocycles. The van der Waals surface area contributed by atoms with Crippen molar-refractivity contribution >= 4 is 44.1 Å². The maximum absolute atomic E-state index is 13.6. The molecule has 212 valence electrons. The van der Waals surface area contributed by atoms with Crippen molar-refractivity contribution in [2.45, 2.75) is 33.2 Å². The number of fused-ring (bicyclic) bond motifs is 1. The van der Waals surface area contributed by atoms with Crippen molar-refractivity contribution in [2.24, 2.45) is 5.92 Å². The molecule has 1 unspecified atom stereocenters. The first kappa shape index (κ1) is 28.2. The van der Waals surface area contributed by atoms with Crippen LogP contribution in [0.2, 0.25) is 0 Å². The molecule has 1 aromatic heterocycles. The van der Waals surface area contributed by atoms with Gasteiger partial charge < -0.3 is 19.3 Å². The summed E-state index contributed by atoms with van der Waals surface area (Å²) in [5, 5.41) is 11.8. The monoisotopic (exact) mass is 572 g/mol. The Morgan fingerprint density at radius 1 is 1.00 bits per heavy atom. The van der Waals surface area contributed by atoms with Crippen LogP contribution in [0.5, 0.6) is 17.2 Å². The molecule has 0 radical (unpaired) electrons. The highest BCUT2D eigenvalue weighted by Crippen LogP contribution is 2.45. The quantitative estimate of drug-likeness (QED) is 0.127. The molecule has 1 fully saturated rings. The molecule has 0 bridgehead atoms. The largest absolute Gasteiger partial charge is 0.507 e. The first-order valence-corrected chi connectivity index (χ1v) is 14.3. The third-order valence-electron chi connectivity index (χ3n) is 6.81. The number of thiazole rings is 1. The van der Waals surface area contributed by atoms with Gasteiger partial charge in [-0.15, -0.1) is 0 Å². The summed E-state index contributed by atoms with van der Waals surface area (Å²) >= 11 is 1.28. The van der Waals surface area contributed by atoms with E-state index in [1.807, 2.05) is 43.3 Å². The molecule has 1 atom stereocenters. The highest BCUT2D eigenvalue weighted by Gasteiger charge is 2.48. The number of ether oxygens (including phenoxy) is 3. The lowest BCUT2D eigenvalue weighted by atomic mass is 9.95. The minimum absolute atomic E-state index is 0.0182. The van der Waals surface area contributed by atoms with Gasteiger partial charge in [-0.3, -0.25) is 14.5 Å². The number of carbonyl (C=O) groups excluding carboxylic acids is 2. The van der Waals surface area contributed by atoms with Crippen LogP contribution in [0.15, 0.2) is 72.3 Å². The van der Waals surface area contributed by atoms with Crippen LogP contribution in [0.25, 0.3) is 16.0 Å². The van der Waals surface area contributed by atoms with E-state index in [1.165, 1.54) is 16.2 Å². The van der Waals surface area contributed by atoms with E-state index < -0.39 is 17.7 Å². The van der Waals surface area contributed by atoms with Crippen molar-refractivity contribution in [1.82, 2.24) is 4.98 Å². The molecule has 1 saturated heterocycles. The topological polar surface area (TPSA) is 98.2 Å². The number of amides is 1. The zero-order valence-electron chi connectivity index (χ0n) is 23.4. The summed E-state index contributed by atoms with van der Waals surface area (Å²) in [6.07, 6.45) is 0.885. The Labute approximate surface area is 242 Å². The van der Waals surface area contributed by atoms with E-state index in [0.29, 0.717) is 58.2 Å². The highest BCUT2D eigenvalue weighted by atomic mass is 32.1. The molecule has 0 spiro atoms. The summed E-state index contributed by atoms with van der Waals surface area (Å²) < 4.78 is 17.7. The highest BCUT2D eigenvalue weighted by molar-refractivity contribution is 7.22. The van der Waals surface area contributed by atoms with E-state index >= 15 is 0 Å². The van der Waals surface area contributed by atoms with Crippen LogP contribution in [-0.2, 0) is 9.59 Å². The second-order valence-electron chi connectivity index (χ2n) is 10.1. The average molecular weight is 573 g/mol. The molecule has 0 saturated carbocycles. The number of ketones is 1. The van der Waals surface area contributed by atoms with Crippen LogP contribution in [0.1, 0.15) is 44.4 Å². The van der Waals surface area contributed by atoms with Crippen LogP contribution in [0.4, 0.5) is 5.13 Å². The summed E-state index contributed by atoms with van der Waals surface area (Å²) in [5.41, 5.74) is 1.67. The predicted octanol–water partition coefficient (Wildman–Crippen LogP) is 6.75. The number of aliphatic hydroxyl groups excluding tert-OH is 1.